The topological polar surface area (TPSA) is 70.1 Å². The molecule has 3 rings (SSSR count). The maximum absolute atomic E-state index is 11.4. The van der Waals surface area contributed by atoms with Gasteiger partial charge in [-0.1, -0.05) is 6.07 Å². The van der Waals surface area contributed by atoms with Gasteiger partial charge in [0.05, 0.1) is 5.69 Å². The number of carbonyl (C=O) groups is 1. The van der Waals surface area contributed by atoms with Gasteiger partial charge in [0.15, 0.2) is 5.82 Å². The van der Waals surface area contributed by atoms with Gasteiger partial charge in [-0.15, -0.1) is 0 Å². The molecule has 1 aliphatic rings. The van der Waals surface area contributed by atoms with Gasteiger partial charge in [0.2, 0.25) is 5.91 Å². The van der Waals surface area contributed by atoms with Crippen molar-refractivity contribution in [2.45, 2.75) is 26.3 Å². The summed E-state index contributed by atoms with van der Waals surface area (Å²) in [6, 6.07) is 7.74. The number of anilines is 3. The highest BCUT2D eigenvalue weighted by atomic mass is 16.1. The lowest BCUT2D eigenvalue weighted by Crippen LogP contribution is -2.22. The molecular weight excluding hydrogens is 290 g/mol. The molecule has 0 bridgehead atoms. The van der Waals surface area contributed by atoms with Crippen LogP contribution in [0.25, 0.3) is 0 Å². The van der Waals surface area contributed by atoms with Crippen molar-refractivity contribution in [1.82, 2.24) is 9.97 Å². The molecule has 23 heavy (non-hydrogen) atoms. The number of hydrogen-bond acceptors (Lipinski definition) is 5. The van der Waals surface area contributed by atoms with Crippen LogP contribution >= 0.6 is 0 Å². The lowest BCUT2D eigenvalue weighted by molar-refractivity contribution is -0.114. The molecule has 2 N–H and O–H groups in total. The van der Waals surface area contributed by atoms with Gasteiger partial charge in [0, 0.05) is 39.0 Å². The van der Waals surface area contributed by atoms with Crippen LogP contribution in [-0.4, -0.2) is 29.0 Å². The number of amides is 1. The molecule has 0 saturated carbocycles. The van der Waals surface area contributed by atoms with Gasteiger partial charge in [-0.2, -0.15) is 0 Å². The summed E-state index contributed by atoms with van der Waals surface area (Å²) in [6.45, 7) is 4.14. The number of aromatic nitrogens is 2. The number of hydrogen-bond donors (Lipinski definition) is 2. The summed E-state index contributed by atoms with van der Waals surface area (Å²) in [7, 11) is 0. The van der Waals surface area contributed by atoms with Crippen LogP contribution in [-0.2, 0) is 11.3 Å². The Bertz CT molecular complexity index is 668. The highest BCUT2D eigenvalue weighted by Gasteiger charge is 2.18. The fourth-order valence-electron chi connectivity index (χ4n) is 2.70. The Morgan fingerprint density at radius 2 is 2.09 bits per heavy atom. The molecule has 6 nitrogen and oxygen atoms in total. The molecule has 120 valence electrons. The van der Waals surface area contributed by atoms with E-state index in [1.807, 2.05) is 30.5 Å². The minimum absolute atomic E-state index is 0.0803. The molecule has 2 aromatic heterocycles. The minimum Gasteiger partial charge on any atom is -0.366 e. The number of nitrogens with one attached hydrogen (secondary N) is 2. The second-order valence-electron chi connectivity index (χ2n) is 5.66. The Kier molecular flexibility index (Phi) is 4.71. The first kappa shape index (κ1) is 15.3. The Morgan fingerprint density at radius 1 is 1.26 bits per heavy atom. The molecule has 0 radical (unpaired) electrons. The Balaban J connectivity index is 1.78. The van der Waals surface area contributed by atoms with Crippen LogP contribution in [0.2, 0.25) is 0 Å². The third kappa shape index (κ3) is 3.97. The Hall–Kier alpha value is -2.63. The summed E-state index contributed by atoms with van der Waals surface area (Å²) in [5, 5.41) is 6.19. The van der Waals surface area contributed by atoms with E-state index in [0.29, 0.717) is 6.54 Å². The molecular formula is C17H21N5O. The van der Waals surface area contributed by atoms with Gasteiger partial charge in [-0.3, -0.25) is 9.78 Å². The molecule has 0 aliphatic carbocycles. The van der Waals surface area contributed by atoms with E-state index in [4.69, 9.17) is 4.98 Å². The lowest BCUT2D eigenvalue weighted by atomic mass is 10.3. The van der Waals surface area contributed by atoms with Crippen molar-refractivity contribution in [2.24, 2.45) is 0 Å². The molecule has 1 saturated heterocycles. The SMILES string of the molecule is CC(=O)Nc1ccc(NCc2cccnc2)nc1N1CCCC1. The van der Waals surface area contributed by atoms with Gasteiger partial charge >= 0.3 is 0 Å². The van der Waals surface area contributed by atoms with Gasteiger partial charge in [-0.25, -0.2) is 4.98 Å². The zero-order valence-electron chi connectivity index (χ0n) is 13.2. The van der Waals surface area contributed by atoms with Crippen molar-refractivity contribution in [1.29, 1.82) is 0 Å². The largest absolute Gasteiger partial charge is 0.366 e. The third-order valence-electron chi connectivity index (χ3n) is 3.79. The van der Waals surface area contributed by atoms with Gasteiger partial charge in [-0.05, 0) is 36.6 Å². The lowest BCUT2D eigenvalue weighted by Gasteiger charge is -2.21. The molecule has 3 heterocycles. The Morgan fingerprint density at radius 3 is 2.78 bits per heavy atom. The molecule has 0 unspecified atom stereocenters. The van der Waals surface area contributed by atoms with E-state index >= 15 is 0 Å². The van der Waals surface area contributed by atoms with Crippen molar-refractivity contribution in [3.8, 4) is 0 Å². The van der Waals surface area contributed by atoms with Gasteiger partial charge in [0.25, 0.3) is 0 Å². The molecule has 1 aliphatic heterocycles. The summed E-state index contributed by atoms with van der Waals surface area (Å²) in [6.07, 6.45) is 5.92. The molecule has 1 amide bonds. The Labute approximate surface area is 135 Å². The number of rotatable bonds is 5. The molecule has 1 fully saturated rings. The highest BCUT2D eigenvalue weighted by molar-refractivity contribution is 5.92. The first-order valence-corrected chi connectivity index (χ1v) is 7.89. The average molecular weight is 311 g/mol. The molecule has 6 heteroatoms. The minimum atomic E-state index is -0.0803. The smallest absolute Gasteiger partial charge is 0.221 e. The van der Waals surface area contributed by atoms with E-state index in [-0.39, 0.29) is 5.91 Å². The van der Waals surface area contributed by atoms with Crippen molar-refractivity contribution < 1.29 is 4.79 Å². The maximum atomic E-state index is 11.4. The van der Waals surface area contributed by atoms with Crippen molar-refractivity contribution in [3.05, 3.63) is 42.2 Å². The summed E-state index contributed by atoms with van der Waals surface area (Å²) >= 11 is 0. The highest BCUT2D eigenvalue weighted by Crippen LogP contribution is 2.28. The van der Waals surface area contributed by atoms with Crippen LogP contribution in [0.15, 0.2) is 36.7 Å². The van der Waals surface area contributed by atoms with Crippen LogP contribution in [0.4, 0.5) is 17.3 Å². The van der Waals surface area contributed by atoms with Crippen LogP contribution < -0.4 is 15.5 Å². The van der Waals surface area contributed by atoms with Gasteiger partial charge < -0.3 is 15.5 Å². The van der Waals surface area contributed by atoms with Crippen molar-refractivity contribution in [3.63, 3.8) is 0 Å². The fraction of sp³-hybridized carbons (Fsp3) is 0.353. The molecule has 0 atom stereocenters. The average Bonchev–Trinajstić information content (AvgIpc) is 3.09. The first-order valence-electron chi connectivity index (χ1n) is 7.89. The predicted octanol–water partition coefficient (Wildman–Crippen LogP) is 2.65. The standard InChI is InChI=1S/C17H21N5O/c1-13(23)20-15-6-7-16(19-12-14-5-4-8-18-11-14)21-17(15)22-9-2-3-10-22/h4-8,11H,2-3,9-10,12H2,1H3,(H,19,21)(H,20,23). The van der Waals surface area contributed by atoms with E-state index < -0.39 is 0 Å². The quantitative estimate of drug-likeness (QED) is 0.888. The van der Waals surface area contributed by atoms with E-state index in [2.05, 4.69) is 20.5 Å². The van der Waals surface area contributed by atoms with E-state index in [1.165, 1.54) is 6.92 Å². The molecule has 0 aromatic carbocycles. The second-order valence-corrected chi connectivity index (χ2v) is 5.66. The predicted molar refractivity (Wildman–Crippen MR) is 91.6 cm³/mol. The summed E-state index contributed by atoms with van der Waals surface area (Å²) in [4.78, 5) is 22.4. The summed E-state index contributed by atoms with van der Waals surface area (Å²) < 4.78 is 0. The van der Waals surface area contributed by atoms with Crippen LogP contribution in [0.5, 0.6) is 0 Å². The van der Waals surface area contributed by atoms with Crippen LogP contribution in [0.3, 0.4) is 0 Å². The number of pyridine rings is 2. The zero-order chi connectivity index (χ0) is 16.1. The number of nitrogens with zero attached hydrogens (tertiary/aromatic N) is 3. The summed E-state index contributed by atoms with van der Waals surface area (Å²) in [5.41, 5.74) is 1.87. The van der Waals surface area contributed by atoms with Crippen molar-refractivity contribution >= 4 is 23.2 Å². The first-order chi connectivity index (χ1) is 11.2. The zero-order valence-corrected chi connectivity index (χ0v) is 13.2. The fourth-order valence-corrected chi connectivity index (χ4v) is 2.70. The van der Waals surface area contributed by atoms with Crippen LogP contribution in [0.1, 0.15) is 25.3 Å². The van der Waals surface area contributed by atoms with E-state index in [0.717, 1.165) is 48.8 Å². The molecule has 0 spiro atoms. The third-order valence-corrected chi connectivity index (χ3v) is 3.79. The molecule has 2 aromatic rings. The van der Waals surface area contributed by atoms with Crippen molar-refractivity contribution in [2.75, 3.05) is 28.6 Å². The van der Waals surface area contributed by atoms with E-state index in [1.54, 1.807) is 6.20 Å². The monoisotopic (exact) mass is 311 g/mol. The summed E-state index contributed by atoms with van der Waals surface area (Å²) in [5.74, 6) is 1.56. The van der Waals surface area contributed by atoms with Crippen LogP contribution in [0, 0.1) is 0 Å². The number of carbonyl (C=O) groups excluding carboxylic acids is 1. The normalized spacial score (nSPS) is 13.9. The van der Waals surface area contributed by atoms with Gasteiger partial charge in [0.1, 0.15) is 5.82 Å². The van der Waals surface area contributed by atoms with E-state index in [9.17, 15) is 4.79 Å². The second kappa shape index (κ2) is 7.09. The maximum Gasteiger partial charge on any atom is 0.221 e.